The van der Waals surface area contributed by atoms with Crippen molar-refractivity contribution in [2.45, 2.75) is 0 Å². The molecule has 20 heavy (non-hydrogen) atoms. The molecule has 1 aliphatic carbocycles. The van der Waals surface area contributed by atoms with Gasteiger partial charge < -0.3 is 0 Å². The molecule has 0 spiro atoms. The zero-order chi connectivity index (χ0) is 13.9. The maximum Gasteiger partial charge on any atom is 0.0795 e. The minimum Gasteiger partial charge on any atom is -0.299 e. The fourth-order valence-corrected chi connectivity index (χ4v) is 2.21. The van der Waals surface area contributed by atoms with Crippen molar-refractivity contribution in [3.63, 3.8) is 0 Å². The quantitative estimate of drug-likeness (QED) is 0.752. The fourth-order valence-electron chi connectivity index (χ4n) is 2.21. The maximum absolute atomic E-state index is 7.70. The van der Waals surface area contributed by atoms with Crippen LogP contribution in [0.15, 0.2) is 72.8 Å². The van der Waals surface area contributed by atoms with Crippen LogP contribution >= 0.6 is 0 Å². The Kier molecular flexibility index (Phi) is 3.13. The molecule has 0 amide bonds. The van der Waals surface area contributed by atoms with Gasteiger partial charge in [0.2, 0.25) is 0 Å². The Morgan fingerprint density at radius 1 is 0.550 bits per heavy atom. The Balaban J connectivity index is 1.91. The van der Waals surface area contributed by atoms with E-state index in [1.165, 1.54) is 11.1 Å². The summed E-state index contributed by atoms with van der Waals surface area (Å²) in [6.45, 7) is 0. The molecule has 2 heteroatoms. The third kappa shape index (κ3) is 2.36. The van der Waals surface area contributed by atoms with Gasteiger partial charge in [0, 0.05) is 0 Å². The molecular formula is C18H14N2. The van der Waals surface area contributed by atoms with E-state index in [0.717, 1.165) is 11.1 Å². The molecule has 0 saturated heterocycles. The molecule has 0 radical (unpaired) electrons. The standard InChI is InChI=1S/C18H14N2/c19-17-11-10-16(12-18(17)20)15-8-6-14(7-9-15)13-4-2-1-3-5-13/h1-12,19-20H. The van der Waals surface area contributed by atoms with Crippen LogP contribution in [0.5, 0.6) is 0 Å². The molecule has 0 heterocycles. The highest BCUT2D eigenvalue weighted by atomic mass is 14.5. The van der Waals surface area contributed by atoms with Crippen molar-refractivity contribution in [2.24, 2.45) is 0 Å². The maximum atomic E-state index is 7.70. The van der Waals surface area contributed by atoms with Gasteiger partial charge in [-0.1, -0.05) is 60.7 Å². The molecule has 96 valence electrons. The first kappa shape index (κ1) is 12.3. The molecule has 2 aromatic rings. The Morgan fingerprint density at radius 2 is 1.15 bits per heavy atom. The van der Waals surface area contributed by atoms with Gasteiger partial charge in [0.15, 0.2) is 0 Å². The molecule has 2 aromatic carbocycles. The van der Waals surface area contributed by atoms with Gasteiger partial charge in [0.1, 0.15) is 0 Å². The highest BCUT2D eigenvalue weighted by Gasteiger charge is 2.08. The van der Waals surface area contributed by atoms with Crippen molar-refractivity contribution < 1.29 is 0 Å². The Bertz CT molecular complexity index is 720. The zero-order valence-electron chi connectivity index (χ0n) is 10.9. The lowest BCUT2D eigenvalue weighted by Crippen LogP contribution is -2.09. The number of hydrogen-bond donors (Lipinski definition) is 2. The number of rotatable bonds is 2. The molecule has 1 aliphatic rings. The lowest BCUT2D eigenvalue weighted by molar-refractivity contribution is 1.49. The summed E-state index contributed by atoms with van der Waals surface area (Å²) in [6.07, 6.45) is 5.29. The van der Waals surface area contributed by atoms with E-state index in [9.17, 15) is 0 Å². The summed E-state index contributed by atoms with van der Waals surface area (Å²) in [5, 5.41) is 15.2. The normalized spacial score (nSPS) is 14.3. The minimum atomic E-state index is 0.259. The van der Waals surface area contributed by atoms with Crippen molar-refractivity contribution in [3.8, 4) is 11.1 Å². The molecule has 0 aromatic heterocycles. The van der Waals surface area contributed by atoms with Crippen LogP contribution in [0.3, 0.4) is 0 Å². The summed E-state index contributed by atoms with van der Waals surface area (Å²) in [4.78, 5) is 0. The molecule has 2 nitrogen and oxygen atoms in total. The van der Waals surface area contributed by atoms with E-state index >= 15 is 0 Å². The largest absolute Gasteiger partial charge is 0.299 e. The fraction of sp³-hybridized carbons (Fsp3) is 0. The summed E-state index contributed by atoms with van der Waals surface area (Å²) < 4.78 is 0. The third-order valence-corrected chi connectivity index (χ3v) is 3.34. The molecule has 0 saturated carbocycles. The first-order valence-corrected chi connectivity index (χ1v) is 6.47. The van der Waals surface area contributed by atoms with Gasteiger partial charge in [-0.15, -0.1) is 0 Å². The average Bonchev–Trinajstić information content (AvgIpc) is 2.51. The van der Waals surface area contributed by atoms with E-state index in [2.05, 4.69) is 36.4 Å². The van der Waals surface area contributed by atoms with Crippen LogP contribution < -0.4 is 0 Å². The van der Waals surface area contributed by atoms with E-state index in [1.54, 1.807) is 12.2 Å². The highest BCUT2D eigenvalue weighted by molar-refractivity contribution is 6.50. The van der Waals surface area contributed by atoms with Crippen LogP contribution in [0.1, 0.15) is 5.56 Å². The molecule has 0 bridgehead atoms. The Hall–Kier alpha value is -2.74. The molecule has 0 unspecified atom stereocenters. The van der Waals surface area contributed by atoms with Crippen molar-refractivity contribution in [3.05, 3.63) is 78.4 Å². The first-order valence-electron chi connectivity index (χ1n) is 6.47. The van der Waals surface area contributed by atoms with Gasteiger partial charge in [-0.25, -0.2) is 0 Å². The number of hydrogen-bond acceptors (Lipinski definition) is 2. The summed E-state index contributed by atoms with van der Waals surface area (Å²) in [7, 11) is 0. The highest BCUT2D eigenvalue weighted by Crippen LogP contribution is 2.24. The summed E-state index contributed by atoms with van der Waals surface area (Å²) >= 11 is 0. The predicted octanol–water partition coefficient (Wildman–Crippen LogP) is 4.35. The zero-order valence-corrected chi connectivity index (χ0v) is 10.9. The summed E-state index contributed by atoms with van der Waals surface area (Å²) in [6, 6.07) is 18.5. The molecule has 0 aliphatic heterocycles. The smallest absolute Gasteiger partial charge is 0.0795 e. The van der Waals surface area contributed by atoms with Crippen LogP contribution in [-0.4, -0.2) is 11.4 Å². The Morgan fingerprint density at radius 3 is 1.80 bits per heavy atom. The molecule has 0 fully saturated rings. The van der Waals surface area contributed by atoms with Crippen molar-refractivity contribution >= 4 is 17.0 Å². The first-order chi connectivity index (χ1) is 9.74. The van der Waals surface area contributed by atoms with E-state index in [1.807, 2.05) is 24.3 Å². The summed E-state index contributed by atoms with van der Waals surface area (Å²) in [5.41, 5.74) is 4.94. The second kappa shape index (κ2) is 5.10. The third-order valence-electron chi connectivity index (χ3n) is 3.34. The van der Waals surface area contributed by atoms with E-state index < -0.39 is 0 Å². The SMILES string of the molecule is N=C1C=CC(c2ccc(-c3ccccc3)cc2)=CC1=N. The lowest BCUT2D eigenvalue weighted by Gasteiger charge is -2.09. The monoisotopic (exact) mass is 258 g/mol. The molecule has 0 atom stereocenters. The minimum absolute atomic E-state index is 0.259. The van der Waals surface area contributed by atoms with Gasteiger partial charge in [-0.2, -0.15) is 0 Å². The van der Waals surface area contributed by atoms with E-state index in [-0.39, 0.29) is 11.4 Å². The number of allylic oxidation sites excluding steroid dienone is 4. The van der Waals surface area contributed by atoms with Gasteiger partial charge in [-0.3, -0.25) is 10.8 Å². The van der Waals surface area contributed by atoms with Crippen LogP contribution in [0.25, 0.3) is 16.7 Å². The summed E-state index contributed by atoms with van der Waals surface area (Å²) in [5.74, 6) is 0. The van der Waals surface area contributed by atoms with Gasteiger partial charge >= 0.3 is 0 Å². The van der Waals surface area contributed by atoms with Gasteiger partial charge in [0.25, 0.3) is 0 Å². The van der Waals surface area contributed by atoms with E-state index in [0.29, 0.717) is 0 Å². The van der Waals surface area contributed by atoms with Crippen LogP contribution in [0.2, 0.25) is 0 Å². The second-order valence-electron chi connectivity index (χ2n) is 4.70. The molecular weight excluding hydrogens is 244 g/mol. The van der Waals surface area contributed by atoms with E-state index in [4.69, 9.17) is 10.8 Å². The average molecular weight is 258 g/mol. The van der Waals surface area contributed by atoms with Crippen molar-refractivity contribution in [2.75, 3.05) is 0 Å². The Labute approximate surface area is 118 Å². The predicted molar refractivity (Wildman–Crippen MR) is 84.4 cm³/mol. The van der Waals surface area contributed by atoms with Crippen molar-refractivity contribution in [1.82, 2.24) is 0 Å². The van der Waals surface area contributed by atoms with Crippen molar-refractivity contribution in [1.29, 1.82) is 10.8 Å². The van der Waals surface area contributed by atoms with Crippen LogP contribution in [0.4, 0.5) is 0 Å². The lowest BCUT2D eigenvalue weighted by atomic mass is 9.95. The van der Waals surface area contributed by atoms with Gasteiger partial charge in [-0.05, 0) is 34.4 Å². The molecule has 2 N–H and O–H groups in total. The number of benzene rings is 2. The van der Waals surface area contributed by atoms with Crippen LogP contribution in [-0.2, 0) is 0 Å². The molecule has 3 rings (SSSR count). The van der Waals surface area contributed by atoms with Crippen LogP contribution in [0, 0.1) is 10.8 Å². The van der Waals surface area contributed by atoms with Gasteiger partial charge in [0.05, 0.1) is 11.4 Å². The second-order valence-corrected chi connectivity index (χ2v) is 4.70. The number of nitrogens with one attached hydrogen (secondary N) is 2. The topological polar surface area (TPSA) is 47.7 Å².